The zero-order chi connectivity index (χ0) is 11.5. The average molecular weight is 283 g/mol. The molecule has 0 spiro atoms. The fourth-order valence-electron chi connectivity index (χ4n) is 2.30. The van der Waals surface area contributed by atoms with Crippen LogP contribution in [-0.2, 0) is 0 Å². The van der Waals surface area contributed by atoms with E-state index in [0.717, 1.165) is 16.8 Å². The molecule has 0 amide bonds. The van der Waals surface area contributed by atoms with E-state index in [1.54, 1.807) is 0 Å². The molecule has 0 radical (unpaired) electrons. The van der Waals surface area contributed by atoms with Crippen molar-refractivity contribution in [3.05, 3.63) is 22.3 Å². The summed E-state index contributed by atoms with van der Waals surface area (Å²) in [6, 6.07) is 2.81. The summed E-state index contributed by atoms with van der Waals surface area (Å²) in [5.74, 6) is 1.13. The van der Waals surface area contributed by atoms with Gasteiger partial charge in [0.1, 0.15) is 5.82 Å². The van der Waals surface area contributed by atoms with Crippen molar-refractivity contribution >= 4 is 21.7 Å². The number of aryl methyl sites for hydroxylation is 1. The fraction of sp³-hybridized carbons (Fsp3) is 0.615. The molecular formula is C13H19BrN2. The van der Waals surface area contributed by atoms with Crippen LogP contribution in [0, 0.1) is 6.92 Å². The highest BCUT2D eigenvalue weighted by Crippen LogP contribution is 2.25. The summed E-state index contributed by atoms with van der Waals surface area (Å²) in [5.41, 5.74) is 1.27. The van der Waals surface area contributed by atoms with Crippen LogP contribution in [-0.4, -0.2) is 17.6 Å². The second-order valence-electron chi connectivity index (χ2n) is 4.68. The van der Waals surface area contributed by atoms with Gasteiger partial charge < -0.3 is 4.90 Å². The summed E-state index contributed by atoms with van der Waals surface area (Å²) in [6.07, 6.45) is 7.21. The molecule has 0 saturated carbocycles. The van der Waals surface area contributed by atoms with Gasteiger partial charge in [0.15, 0.2) is 0 Å². The summed E-state index contributed by atoms with van der Waals surface area (Å²) >= 11 is 3.50. The maximum Gasteiger partial charge on any atom is 0.129 e. The van der Waals surface area contributed by atoms with Crippen LogP contribution < -0.4 is 4.90 Å². The largest absolute Gasteiger partial charge is 0.354 e. The summed E-state index contributed by atoms with van der Waals surface area (Å²) in [4.78, 5) is 6.98. The lowest BCUT2D eigenvalue weighted by molar-refractivity contribution is 0.611. The molecule has 1 aromatic heterocycles. The third-order valence-corrected chi connectivity index (χ3v) is 4.21. The number of pyridine rings is 1. The molecular weight excluding hydrogens is 264 g/mol. The second kappa shape index (κ2) is 5.17. The maximum absolute atomic E-state index is 4.53. The Hall–Kier alpha value is -0.570. The van der Waals surface area contributed by atoms with E-state index in [1.165, 1.54) is 31.2 Å². The maximum atomic E-state index is 4.53. The number of halogens is 1. The molecule has 1 unspecified atom stereocenters. The molecule has 1 aliphatic heterocycles. The van der Waals surface area contributed by atoms with Crippen LogP contribution in [0.25, 0.3) is 0 Å². The van der Waals surface area contributed by atoms with Gasteiger partial charge >= 0.3 is 0 Å². The molecule has 0 aromatic carbocycles. The van der Waals surface area contributed by atoms with Gasteiger partial charge in [0.05, 0.1) is 0 Å². The number of nitrogens with zero attached hydrogens (tertiary/aromatic N) is 2. The quantitative estimate of drug-likeness (QED) is 0.776. The zero-order valence-corrected chi connectivity index (χ0v) is 11.6. The first-order valence-corrected chi connectivity index (χ1v) is 6.86. The molecule has 2 heterocycles. The van der Waals surface area contributed by atoms with Crippen molar-refractivity contribution in [2.24, 2.45) is 0 Å². The van der Waals surface area contributed by atoms with Crippen LogP contribution in [0.4, 0.5) is 5.82 Å². The SMILES string of the molecule is Cc1cc(N2CCCCCC2C)ncc1Br. The lowest BCUT2D eigenvalue weighted by Crippen LogP contribution is -2.33. The lowest BCUT2D eigenvalue weighted by atomic mass is 10.1. The summed E-state index contributed by atoms with van der Waals surface area (Å²) in [7, 11) is 0. The van der Waals surface area contributed by atoms with Crippen molar-refractivity contribution in [2.45, 2.75) is 45.6 Å². The van der Waals surface area contributed by atoms with E-state index in [9.17, 15) is 0 Å². The van der Waals surface area contributed by atoms with E-state index >= 15 is 0 Å². The number of hydrogen-bond acceptors (Lipinski definition) is 2. The highest BCUT2D eigenvalue weighted by molar-refractivity contribution is 9.10. The van der Waals surface area contributed by atoms with Crippen LogP contribution >= 0.6 is 15.9 Å². The monoisotopic (exact) mass is 282 g/mol. The highest BCUT2D eigenvalue weighted by Gasteiger charge is 2.18. The van der Waals surface area contributed by atoms with E-state index < -0.39 is 0 Å². The van der Waals surface area contributed by atoms with Crippen LogP contribution in [0.1, 0.15) is 38.2 Å². The standard InChI is InChI=1S/C13H19BrN2/c1-10-8-13(15-9-12(10)14)16-7-5-3-4-6-11(16)2/h8-9,11H,3-7H2,1-2H3. The van der Waals surface area contributed by atoms with Gasteiger partial charge in [0.25, 0.3) is 0 Å². The van der Waals surface area contributed by atoms with Crippen molar-refractivity contribution in [2.75, 3.05) is 11.4 Å². The Kier molecular flexibility index (Phi) is 3.85. The number of rotatable bonds is 1. The van der Waals surface area contributed by atoms with Gasteiger partial charge in [-0.2, -0.15) is 0 Å². The van der Waals surface area contributed by atoms with E-state index in [4.69, 9.17) is 0 Å². The lowest BCUT2D eigenvalue weighted by Gasteiger charge is -2.28. The smallest absolute Gasteiger partial charge is 0.129 e. The Bertz CT molecular complexity index is 365. The molecule has 1 atom stereocenters. The molecule has 88 valence electrons. The van der Waals surface area contributed by atoms with Gasteiger partial charge in [-0.05, 0) is 54.2 Å². The van der Waals surface area contributed by atoms with Gasteiger partial charge in [-0.25, -0.2) is 4.98 Å². The Balaban J connectivity index is 2.23. The van der Waals surface area contributed by atoms with Crippen LogP contribution in [0.3, 0.4) is 0 Å². The Morgan fingerprint density at radius 1 is 1.38 bits per heavy atom. The molecule has 0 bridgehead atoms. The molecule has 2 nitrogen and oxygen atoms in total. The van der Waals surface area contributed by atoms with E-state index in [1.807, 2.05) is 6.20 Å². The summed E-state index contributed by atoms with van der Waals surface area (Å²) in [5, 5.41) is 0. The average Bonchev–Trinajstić information content (AvgIpc) is 2.47. The predicted octanol–water partition coefficient (Wildman–Crippen LogP) is 3.92. The van der Waals surface area contributed by atoms with E-state index in [2.05, 4.69) is 45.7 Å². The Labute approximate surface area is 106 Å². The molecule has 16 heavy (non-hydrogen) atoms. The molecule has 2 rings (SSSR count). The van der Waals surface area contributed by atoms with Gasteiger partial charge in [0, 0.05) is 23.3 Å². The third-order valence-electron chi connectivity index (χ3n) is 3.38. The van der Waals surface area contributed by atoms with Crippen LogP contribution in [0.2, 0.25) is 0 Å². The molecule has 0 aliphatic carbocycles. The first-order valence-electron chi connectivity index (χ1n) is 6.07. The second-order valence-corrected chi connectivity index (χ2v) is 5.54. The first-order chi connectivity index (χ1) is 7.68. The molecule has 1 saturated heterocycles. The number of aromatic nitrogens is 1. The molecule has 3 heteroatoms. The van der Waals surface area contributed by atoms with Gasteiger partial charge in [0.2, 0.25) is 0 Å². The minimum atomic E-state index is 0.621. The fourth-order valence-corrected chi connectivity index (χ4v) is 2.51. The van der Waals surface area contributed by atoms with Crippen molar-refractivity contribution in [3.63, 3.8) is 0 Å². The highest BCUT2D eigenvalue weighted by atomic mass is 79.9. The van der Waals surface area contributed by atoms with Crippen LogP contribution in [0.5, 0.6) is 0 Å². The van der Waals surface area contributed by atoms with Crippen molar-refractivity contribution in [1.29, 1.82) is 0 Å². The molecule has 1 fully saturated rings. The van der Waals surface area contributed by atoms with Crippen molar-refractivity contribution in [1.82, 2.24) is 4.98 Å². The third kappa shape index (κ3) is 2.57. The van der Waals surface area contributed by atoms with Gasteiger partial charge in [-0.3, -0.25) is 0 Å². The Morgan fingerprint density at radius 3 is 2.94 bits per heavy atom. The zero-order valence-electron chi connectivity index (χ0n) is 10.0. The number of anilines is 1. The number of hydrogen-bond donors (Lipinski definition) is 0. The summed E-state index contributed by atoms with van der Waals surface area (Å²) in [6.45, 7) is 5.58. The van der Waals surface area contributed by atoms with Crippen molar-refractivity contribution in [3.8, 4) is 0 Å². The summed E-state index contributed by atoms with van der Waals surface area (Å²) < 4.78 is 1.10. The van der Waals surface area contributed by atoms with Crippen LogP contribution in [0.15, 0.2) is 16.7 Å². The molecule has 0 N–H and O–H groups in total. The predicted molar refractivity (Wildman–Crippen MR) is 72.0 cm³/mol. The normalized spacial score (nSPS) is 21.9. The van der Waals surface area contributed by atoms with Gasteiger partial charge in [-0.1, -0.05) is 12.8 Å². The topological polar surface area (TPSA) is 16.1 Å². The minimum Gasteiger partial charge on any atom is -0.354 e. The Morgan fingerprint density at radius 2 is 2.19 bits per heavy atom. The first kappa shape index (κ1) is 11.9. The molecule has 1 aromatic rings. The van der Waals surface area contributed by atoms with Crippen molar-refractivity contribution < 1.29 is 0 Å². The minimum absolute atomic E-state index is 0.621. The molecule has 1 aliphatic rings. The van der Waals surface area contributed by atoms with E-state index in [-0.39, 0.29) is 0 Å². The van der Waals surface area contributed by atoms with Gasteiger partial charge in [-0.15, -0.1) is 0 Å². The van der Waals surface area contributed by atoms with E-state index in [0.29, 0.717) is 6.04 Å².